The molecule has 0 saturated carbocycles. The molecule has 0 bridgehead atoms. The first-order chi connectivity index (χ1) is 8.90. The van der Waals surface area contributed by atoms with Crippen molar-refractivity contribution in [3.8, 4) is 0 Å². The molecule has 1 aromatic carbocycles. The number of likely N-dealkylation sites (N-methyl/N-ethyl adjacent to an activating group) is 1. The predicted octanol–water partition coefficient (Wildman–Crippen LogP) is 3.14. The Morgan fingerprint density at radius 2 is 2.00 bits per heavy atom. The lowest BCUT2D eigenvalue weighted by Crippen LogP contribution is -2.30. The minimum absolute atomic E-state index is 0.0263. The van der Waals surface area contributed by atoms with E-state index in [0.29, 0.717) is 6.54 Å². The predicted molar refractivity (Wildman–Crippen MR) is 81.5 cm³/mol. The smallest absolute Gasteiger partial charge is 0.238 e. The fraction of sp³-hybridized carbons (Fsp3) is 0.438. The molecule has 0 saturated heterocycles. The first-order valence-corrected chi connectivity index (χ1v) is 6.58. The number of benzene rings is 1. The number of hydrogen-bond acceptors (Lipinski definition) is 2. The van der Waals surface area contributed by atoms with Crippen LogP contribution in [-0.4, -0.2) is 30.9 Å². The Bertz CT molecular complexity index is 474. The second kappa shape index (κ2) is 7.10. The Morgan fingerprint density at radius 1 is 1.32 bits per heavy atom. The first kappa shape index (κ1) is 15.4. The third-order valence-electron chi connectivity index (χ3n) is 3.10. The van der Waals surface area contributed by atoms with Gasteiger partial charge in [0.05, 0.1) is 6.54 Å². The average molecular weight is 260 g/mol. The van der Waals surface area contributed by atoms with E-state index < -0.39 is 0 Å². The monoisotopic (exact) mass is 260 g/mol. The van der Waals surface area contributed by atoms with Crippen molar-refractivity contribution >= 4 is 11.6 Å². The van der Waals surface area contributed by atoms with Crippen molar-refractivity contribution in [2.24, 2.45) is 0 Å². The number of nitrogens with zero attached hydrogens (tertiary/aromatic N) is 1. The van der Waals surface area contributed by atoms with Gasteiger partial charge >= 0.3 is 0 Å². The molecular formula is C16H24N2O. The van der Waals surface area contributed by atoms with Crippen LogP contribution >= 0.6 is 0 Å². The van der Waals surface area contributed by atoms with Gasteiger partial charge in [-0.3, -0.25) is 9.69 Å². The van der Waals surface area contributed by atoms with Gasteiger partial charge in [0.1, 0.15) is 0 Å². The van der Waals surface area contributed by atoms with Crippen LogP contribution in [0.2, 0.25) is 0 Å². The highest BCUT2D eigenvalue weighted by Gasteiger charge is 2.08. The van der Waals surface area contributed by atoms with Gasteiger partial charge in [-0.25, -0.2) is 0 Å². The number of hydrogen-bond donors (Lipinski definition) is 1. The highest BCUT2D eigenvalue weighted by molar-refractivity contribution is 5.93. The number of amides is 1. The van der Waals surface area contributed by atoms with Crippen LogP contribution in [0.15, 0.2) is 29.8 Å². The van der Waals surface area contributed by atoms with E-state index in [4.69, 9.17) is 0 Å². The fourth-order valence-electron chi connectivity index (χ4n) is 1.72. The molecule has 0 radical (unpaired) electrons. The summed E-state index contributed by atoms with van der Waals surface area (Å²) in [7, 11) is 1.95. The molecular weight excluding hydrogens is 236 g/mol. The highest BCUT2D eigenvalue weighted by atomic mass is 16.2. The molecule has 19 heavy (non-hydrogen) atoms. The summed E-state index contributed by atoms with van der Waals surface area (Å²) in [4.78, 5) is 14.0. The molecule has 0 aromatic heterocycles. The lowest BCUT2D eigenvalue weighted by atomic mass is 10.1. The Morgan fingerprint density at radius 3 is 2.63 bits per heavy atom. The number of nitrogens with one attached hydrogen (secondary N) is 1. The van der Waals surface area contributed by atoms with Crippen LogP contribution in [0.1, 0.15) is 25.0 Å². The number of anilines is 1. The summed E-state index contributed by atoms with van der Waals surface area (Å²) in [6.45, 7) is 9.39. The SMILES string of the molecule is CC(C)=CCN(C)CC(=O)Nc1cccc(C)c1C. The Hall–Kier alpha value is -1.61. The molecule has 1 rings (SSSR count). The van der Waals surface area contributed by atoms with Crippen molar-refractivity contribution in [1.29, 1.82) is 0 Å². The van der Waals surface area contributed by atoms with Gasteiger partial charge in [0.15, 0.2) is 0 Å². The van der Waals surface area contributed by atoms with Crippen LogP contribution in [0.5, 0.6) is 0 Å². The number of aryl methyl sites for hydroxylation is 1. The maximum Gasteiger partial charge on any atom is 0.238 e. The van der Waals surface area contributed by atoms with Gasteiger partial charge in [-0.05, 0) is 51.9 Å². The molecule has 0 aliphatic carbocycles. The van der Waals surface area contributed by atoms with E-state index in [1.807, 2.05) is 44.0 Å². The molecule has 1 aromatic rings. The van der Waals surface area contributed by atoms with Crippen LogP contribution in [0.4, 0.5) is 5.69 Å². The minimum Gasteiger partial charge on any atom is -0.325 e. The zero-order valence-electron chi connectivity index (χ0n) is 12.6. The lowest BCUT2D eigenvalue weighted by Gasteiger charge is -2.16. The number of carbonyl (C=O) groups is 1. The average Bonchev–Trinajstić information content (AvgIpc) is 2.32. The Labute approximate surface area is 116 Å². The van der Waals surface area contributed by atoms with E-state index >= 15 is 0 Å². The van der Waals surface area contributed by atoms with Crippen LogP contribution in [0.25, 0.3) is 0 Å². The second-order valence-electron chi connectivity index (χ2n) is 5.27. The number of carbonyl (C=O) groups excluding carboxylic acids is 1. The van der Waals surface area contributed by atoms with E-state index in [-0.39, 0.29) is 5.91 Å². The molecule has 1 N–H and O–H groups in total. The third-order valence-corrected chi connectivity index (χ3v) is 3.10. The molecule has 3 nitrogen and oxygen atoms in total. The van der Waals surface area contributed by atoms with E-state index in [0.717, 1.165) is 17.8 Å². The van der Waals surface area contributed by atoms with E-state index in [1.165, 1.54) is 11.1 Å². The summed E-state index contributed by atoms with van der Waals surface area (Å²) in [5, 5.41) is 2.97. The van der Waals surface area contributed by atoms with Crippen molar-refractivity contribution in [3.63, 3.8) is 0 Å². The highest BCUT2D eigenvalue weighted by Crippen LogP contribution is 2.17. The number of rotatable bonds is 5. The minimum atomic E-state index is 0.0263. The Balaban J connectivity index is 2.56. The van der Waals surface area contributed by atoms with Crippen molar-refractivity contribution in [1.82, 2.24) is 4.90 Å². The standard InChI is InChI=1S/C16H24N2O/c1-12(2)9-10-18(5)11-16(19)17-15-8-6-7-13(3)14(15)4/h6-9H,10-11H2,1-5H3,(H,17,19). The number of allylic oxidation sites excluding steroid dienone is 1. The molecule has 0 aliphatic heterocycles. The second-order valence-corrected chi connectivity index (χ2v) is 5.27. The summed E-state index contributed by atoms with van der Waals surface area (Å²) >= 11 is 0. The topological polar surface area (TPSA) is 32.3 Å². The van der Waals surface area contributed by atoms with Gasteiger partial charge in [-0.1, -0.05) is 23.8 Å². The van der Waals surface area contributed by atoms with Gasteiger partial charge in [0.25, 0.3) is 0 Å². The van der Waals surface area contributed by atoms with E-state index in [1.54, 1.807) is 0 Å². The molecule has 0 spiro atoms. The van der Waals surface area contributed by atoms with Crippen LogP contribution in [-0.2, 0) is 4.79 Å². The van der Waals surface area contributed by atoms with Crippen molar-refractivity contribution in [2.75, 3.05) is 25.5 Å². The quantitative estimate of drug-likeness (QED) is 0.825. The maximum atomic E-state index is 12.0. The molecule has 0 fully saturated rings. The molecule has 0 aliphatic rings. The normalized spacial score (nSPS) is 10.4. The molecule has 1 amide bonds. The van der Waals surface area contributed by atoms with Crippen LogP contribution in [0, 0.1) is 13.8 Å². The van der Waals surface area contributed by atoms with Crippen molar-refractivity contribution < 1.29 is 4.79 Å². The summed E-state index contributed by atoms with van der Waals surface area (Å²) in [6.07, 6.45) is 2.12. The van der Waals surface area contributed by atoms with Gasteiger partial charge in [0.2, 0.25) is 5.91 Å². The third kappa shape index (κ3) is 5.26. The van der Waals surface area contributed by atoms with Crippen LogP contribution in [0.3, 0.4) is 0 Å². The van der Waals surface area contributed by atoms with E-state index in [2.05, 4.69) is 25.2 Å². The largest absolute Gasteiger partial charge is 0.325 e. The zero-order valence-corrected chi connectivity index (χ0v) is 12.6. The van der Waals surface area contributed by atoms with Crippen molar-refractivity contribution in [3.05, 3.63) is 41.0 Å². The first-order valence-electron chi connectivity index (χ1n) is 6.58. The van der Waals surface area contributed by atoms with E-state index in [9.17, 15) is 4.79 Å². The summed E-state index contributed by atoms with van der Waals surface area (Å²) in [5.74, 6) is 0.0263. The fourth-order valence-corrected chi connectivity index (χ4v) is 1.72. The summed E-state index contributed by atoms with van der Waals surface area (Å²) in [6, 6.07) is 5.95. The van der Waals surface area contributed by atoms with Crippen LogP contribution < -0.4 is 5.32 Å². The molecule has 104 valence electrons. The zero-order chi connectivity index (χ0) is 14.4. The Kier molecular flexibility index (Phi) is 5.77. The van der Waals surface area contributed by atoms with Crippen molar-refractivity contribution in [2.45, 2.75) is 27.7 Å². The maximum absolute atomic E-state index is 12.0. The van der Waals surface area contributed by atoms with Gasteiger partial charge in [-0.2, -0.15) is 0 Å². The molecule has 3 heteroatoms. The molecule has 0 unspecified atom stereocenters. The molecule has 0 heterocycles. The lowest BCUT2D eigenvalue weighted by molar-refractivity contribution is -0.116. The molecule has 0 atom stereocenters. The van der Waals surface area contributed by atoms with Gasteiger partial charge < -0.3 is 5.32 Å². The summed E-state index contributed by atoms with van der Waals surface area (Å²) < 4.78 is 0. The van der Waals surface area contributed by atoms with Gasteiger partial charge in [-0.15, -0.1) is 0 Å². The van der Waals surface area contributed by atoms with Gasteiger partial charge in [0, 0.05) is 12.2 Å². The summed E-state index contributed by atoms with van der Waals surface area (Å²) in [5.41, 5.74) is 4.49.